The summed E-state index contributed by atoms with van der Waals surface area (Å²) in [6.45, 7) is 0.338. The van der Waals surface area contributed by atoms with Crippen molar-refractivity contribution in [2.75, 3.05) is 5.73 Å². The van der Waals surface area contributed by atoms with Gasteiger partial charge in [0.2, 0.25) is 0 Å². The summed E-state index contributed by atoms with van der Waals surface area (Å²) in [6.07, 6.45) is -0.729. The molecule has 0 saturated carbocycles. The third-order valence-electron chi connectivity index (χ3n) is 3.84. The number of hydrogen-bond acceptors (Lipinski definition) is 2. The highest BCUT2D eigenvalue weighted by molar-refractivity contribution is 6.42. The second kappa shape index (κ2) is 5.80. The summed E-state index contributed by atoms with van der Waals surface area (Å²) >= 11 is 11.9. The number of halogens is 2. The van der Waals surface area contributed by atoms with Gasteiger partial charge in [0.1, 0.15) is 23.7 Å². The molecule has 0 fully saturated rings. The number of aliphatic hydroxyl groups is 1. The van der Waals surface area contributed by atoms with Crippen LogP contribution in [0.2, 0.25) is 10.0 Å². The maximum atomic E-state index is 10.5. The molecule has 2 aromatic carbocycles. The minimum atomic E-state index is -0.729. The van der Waals surface area contributed by atoms with Crippen LogP contribution >= 0.6 is 23.2 Å². The van der Waals surface area contributed by atoms with Gasteiger partial charge >= 0.3 is 5.95 Å². The van der Waals surface area contributed by atoms with Crippen molar-refractivity contribution >= 4 is 40.2 Å². The number of aromatic nitrogens is 2. The van der Waals surface area contributed by atoms with Crippen LogP contribution in [0.1, 0.15) is 11.7 Å². The minimum absolute atomic E-state index is 0.338. The van der Waals surface area contributed by atoms with E-state index in [1.54, 1.807) is 18.2 Å². The van der Waals surface area contributed by atoms with E-state index < -0.39 is 6.10 Å². The SMILES string of the molecule is C[n+]1c(N)n(C[C@H](O)c2ccc(Cl)c(Cl)c2)c2ccccc21. The molecule has 0 bridgehead atoms. The summed E-state index contributed by atoms with van der Waals surface area (Å²) in [4.78, 5) is 0. The fourth-order valence-electron chi connectivity index (χ4n) is 2.59. The minimum Gasteiger partial charge on any atom is -0.385 e. The lowest BCUT2D eigenvalue weighted by Crippen LogP contribution is -2.31. The number of benzene rings is 2. The molecule has 22 heavy (non-hydrogen) atoms. The lowest BCUT2D eigenvalue weighted by molar-refractivity contribution is -0.630. The van der Waals surface area contributed by atoms with Crippen molar-refractivity contribution in [1.29, 1.82) is 0 Å². The molecule has 1 aromatic heterocycles. The number of hydrogen-bond donors (Lipinski definition) is 2. The number of rotatable bonds is 3. The van der Waals surface area contributed by atoms with Gasteiger partial charge in [-0.05, 0) is 29.8 Å². The third kappa shape index (κ3) is 2.54. The van der Waals surface area contributed by atoms with E-state index in [-0.39, 0.29) is 0 Å². The number of aliphatic hydroxyl groups excluding tert-OH is 1. The fourth-order valence-corrected chi connectivity index (χ4v) is 2.90. The highest BCUT2D eigenvalue weighted by Gasteiger charge is 2.21. The summed E-state index contributed by atoms with van der Waals surface area (Å²) in [6, 6.07) is 13.0. The van der Waals surface area contributed by atoms with Gasteiger partial charge in [-0.25, -0.2) is 9.13 Å². The van der Waals surface area contributed by atoms with Gasteiger partial charge in [-0.2, -0.15) is 0 Å². The molecule has 0 saturated heterocycles. The highest BCUT2D eigenvalue weighted by Crippen LogP contribution is 2.27. The Morgan fingerprint density at radius 1 is 1.18 bits per heavy atom. The first-order valence-electron chi connectivity index (χ1n) is 6.85. The van der Waals surface area contributed by atoms with Gasteiger partial charge in [-0.15, -0.1) is 0 Å². The van der Waals surface area contributed by atoms with Crippen LogP contribution in [0, 0.1) is 0 Å². The molecule has 0 amide bonds. The number of para-hydroxylation sites is 2. The van der Waals surface area contributed by atoms with E-state index in [4.69, 9.17) is 28.9 Å². The monoisotopic (exact) mass is 336 g/mol. The van der Waals surface area contributed by atoms with Crippen LogP contribution in [-0.2, 0) is 13.6 Å². The van der Waals surface area contributed by atoms with Gasteiger partial charge in [0.15, 0.2) is 0 Å². The van der Waals surface area contributed by atoms with Gasteiger partial charge in [-0.1, -0.05) is 41.4 Å². The van der Waals surface area contributed by atoms with E-state index in [9.17, 15) is 5.11 Å². The van der Waals surface area contributed by atoms with E-state index in [0.29, 0.717) is 28.1 Å². The molecule has 6 heteroatoms. The number of imidazole rings is 1. The summed E-state index contributed by atoms with van der Waals surface area (Å²) < 4.78 is 3.79. The molecular formula is C16H16Cl2N3O+. The van der Waals surface area contributed by atoms with Crippen molar-refractivity contribution in [3.63, 3.8) is 0 Å². The highest BCUT2D eigenvalue weighted by atomic mass is 35.5. The molecule has 0 spiro atoms. The zero-order valence-corrected chi connectivity index (χ0v) is 13.5. The van der Waals surface area contributed by atoms with Crippen molar-refractivity contribution in [2.45, 2.75) is 12.6 Å². The molecule has 3 N–H and O–H groups in total. The Kier molecular flexibility index (Phi) is 4.00. The molecule has 1 atom stereocenters. The Labute approximate surface area is 138 Å². The van der Waals surface area contributed by atoms with E-state index in [1.165, 1.54) is 0 Å². The molecule has 0 radical (unpaired) electrons. The topological polar surface area (TPSA) is 55.1 Å². The smallest absolute Gasteiger partial charge is 0.355 e. The first-order valence-corrected chi connectivity index (χ1v) is 7.60. The lowest BCUT2D eigenvalue weighted by Gasteiger charge is -2.11. The standard InChI is InChI=1S/C16H15Cl2N3O/c1-20-13-4-2-3-5-14(13)21(16(20)19)9-15(22)10-6-7-11(17)12(18)8-10/h2-8,15,19,22H,9H2,1H3/p+1/t15-/m0/s1. The molecule has 0 aliphatic carbocycles. The van der Waals surface area contributed by atoms with Crippen molar-refractivity contribution < 1.29 is 9.67 Å². The number of anilines is 1. The molecule has 4 nitrogen and oxygen atoms in total. The number of aryl methyl sites for hydroxylation is 1. The normalized spacial score (nSPS) is 12.7. The Balaban J connectivity index is 1.99. The second-order valence-electron chi connectivity index (χ2n) is 5.21. The molecule has 0 aliphatic rings. The Bertz CT molecular complexity index is 845. The molecule has 3 aromatic rings. The Hall–Kier alpha value is -1.75. The van der Waals surface area contributed by atoms with Gasteiger partial charge in [-0.3, -0.25) is 5.73 Å². The number of nitrogens with zero attached hydrogens (tertiary/aromatic N) is 2. The van der Waals surface area contributed by atoms with Crippen molar-refractivity contribution in [1.82, 2.24) is 4.57 Å². The summed E-state index contributed by atoms with van der Waals surface area (Å²) in [5.74, 6) is 0.584. The molecule has 114 valence electrons. The average Bonchev–Trinajstić information content (AvgIpc) is 2.75. The maximum absolute atomic E-state index is 10.5. The molecular weight excluding hydrogens is 321 g/mol. The first kappa shape index (κ1) is 15.2. The van der Waals surface area contributed by atoms with Crippen molar-refractivity contribution in [2.24, 2.45) is 7.05 Å². The van der Waals surface area contributed by atoms with Gasteiger partial charge in [0, 0.05) is 0 Å². The van der Waals surface area contributed by atoms with Gasteiger partial charge in [0.05, 0.1) is 17.1 Å². The number of fused-ring (bicyclic) bond motifs is 1. The molecule has 0 unspecified atom stereocenters. The van der Waals surface area contributed by atoms with Crippen LogP contribution in [0.25, 0.3) is 11.0 Å². The van der Waals surface area contributed by atoms with Gasteiger partial charge < -0.3 is 5.11 Å². The van der Waals surface area contributed by atoms with Crippen LogP contribution in [0.3, 0.4) is 0 Å². The predicted octanol–water partition coefficient (Wildman–Crippen LogP) is 3.09. The zero-order chi connectivity index (χ0) is 15.9. The average molecular weight is 337 g/mol. The Morgan fingerprint density at radius 2 is 1.91 bits per heavy atom. The second-order valence-corrected chi connectivity index (χ2v) is 6.02. The van der Waals surface area contributed by atoms with E-state index in [0.717, 1.165) is 11.0 Å². The third-order valence-corrected chi connectivity index (χ3v) is 4.58. The lowest BCUT2D eigenvalue weighted by atomic mass is 10.1. The van der Waals surface area contributed by atoms with Crippen molar-refractivity contribution in [3.8, 4) is 0 Å². The summed E-state index contributed by atoms with van der Waals surface area (Å²) in [5.41, 5.74) is 8.86. The quantitative estimate of drug-likeness (QED) is 0.722. The van der Waals surface area contributed by atoms with Crippen LogP contribution in [0.4, 0.5) is 5.95 Å². The van der Waals surface area contributed by atoms with Gasteiger partial charge in [0.25, 0.3) is 0 Å². The Morgan fingerprint density at radius 3 is 2.64 bits per heavy atom. The van der Waals surface area contributed by atoms with E-state index in [2.05, 4.69) is 0 Å². The van der Waals surface area contributed by atoms with Crippen LogP contribution < -0.4 is 10.3 Å². The molecule has 0 aliphatic heterocycles. The first-order chi connectivity index (χ1) is 10.5. The maximum Gasteiger partial charge on any atom is 0.355 e. The number of nitrogens with two attached hydrogens (primary N) is 1. The fraction of sp³-hybridized carbons (Fsp3) is 0.188. The number of nitrogen functional groups attached to an aromatic ring is 1. The van der Waals surface area contributed by atoms with Crippen LogP contribution in [0.5, 0.6) is 0 Å². The largest absolute Gasteiger partial charge is 0.385 e. The summed E-state index contributed by atoms with van der Waals surface area (Å²) in [7, 11) is 1.90. The predicted molar refractivity (Wildman–Crippen MR) is 88.9 cm³/mol. The van der Waals surface area contributed by atoms with E-state index in [1.807, 2.05) is 40.4 Å². The molecule has 1 heterocycles. The van der Waals surface area contributed by atoms with Crippen LogP contribution in [0.15, 0.2) is 42.5 Å². The van der Waals surface area contributed by atoms with Crippen molar-refractivity contribution in [3.05, 3.63) is 58.1 Å². The van der Waals surface area contributed by atoms with E-state index >= 15 is 0 Å². The molecule has 3 rings (SSSR count). The summed E-state index contributed by atoms with van der Waals surface area (Å²) in [5, 5.41) is 11.4. The zero-order valence-electron chi connectivity index (χ0n) is 12.0. The van der Waals surface area contributed by atoms with Crippen LogP contribution in [-0.4, -0.2) is 9.67 Å².